The minimum atomic E-state index is -1.12. The Morgan fingerprint density at radius 2 is 1.07 bits per heavy atom. The third kappa shape index (κ3) is 14.1. The summed E-state index contributed by atoms with van der Waals surface area (Å²) in [7, 11) is 0. The second-order valence-electron chi connectivity index (χ2n) is 10.9. The lowest BCUT2D eigenvalue weighted by Gasteiger charge is -2.31. The van der Waals surface area contributed by atoms with Crippen molar-refractivity contribution in [2.75, 3.05) is 26.4 Å². The minimum Gasteiger partial charge on any atom is -0.462 e. The van der Waals surface area contributed by atoms with Crippen molar-refractivity contribution in [2.24, 2.45) is 5.92 Å². The number of alkyl carbamates (subject to hydrolysis) is 1. The van der Waals surface area contributed by atoms with Crippen LogP contribution in [0.4, 0.5) is 4.79 Å². The number of esters is 4. The number of carbonyl (C=O) groups is 6. The molecule has 13 nitrogen and oxygen atoms in total. The summed E-state index contributed by atoms with van der Waals surface area (Å²) in [6.45, 7) is 19.1. The van der Waals surface area contributed by atoms with Gasteiger partial charge in [-0.3, -0.25) is 4.79 Å². The van der Waals surface area contributed by atoms with E-state index in [1.165, 1.54) is 0 Å². The molecule has 0 aliphatic heterocycles. The molecule has 2 amide bonds. The molecule has 250 valence electrons. The molecule has 0 heterocycles. The predicted molar refractivity (Wildman–Crippen MR) is 167 cm³/mol. The van der Waals surface area contributed by atoms with E-state index in [-0.39, 0.29) is 32.8 Å². The highest BCUT2D eigenvalue weighted by Gasteiger charge is 2.30. The van der Waals surface area contributed by atoms with Crippen molar-refractivity contribution in [2.45, 2.75) is 51.3 Å². The monoisotopic (exact) mass is 642 g/mol. The average molecular weight is 643 g/mol. The van der Waals surface area contributed by atoms with Crippen molar-refractivity contribution >= 4 is 35.9 Å². The Morgan fingerprint density at radius 3 is 1.48 bits per heavy atom. The summed E-state index contributed by atoms with van der Waals surface area (Å²) in [5.74, 6) is -3.89. The van der Waals surface area contributed by atoms with Crippen LogP contribution in [-0.4, -0.2) is 68.4 Å². The summed E-state index contributed by atoms with van der Waals surface area (Å²) in [6, 6.07) is 7.12. The SMILES string of the molecule is C=CC(=O)OCC(COC(=O)C=C)CC(=O)NC(C)(C)c1cccc(C(C)(C)NC(=O)OC(COC(=O)C=C)COC(=O)C=C)c1. The van der Waals surface area contributed by atoms with Gasteiger partial charge in [-0.15, -0.1) is 0 Å². The molecule has 0 atom stereocenters. The Kier molecular flexibility index (Phi) is 15.7. The van der Waals surface area contributed by atoms with Gasteiger partial charge in [0.1, 0.15) is 13.2 Å². The van der Waals surface area contributed by atoms with Gasteiger partial charge in [0.25, 0.3) is 0 Å². The Bertz CT molecular complexity index is 1170. The minimum absolute atomic E-state index is 0.123. The van der Waals surface area contributed by atoms with Crippen molar-refractivity contribution in [3.05, 3.63) is 86.0 Å². The quantitative estimate of drug-likeness (QED) is 0.129. The molecule has 0 bridgehead atoms. The molecule has 0 saturated heterocycles. The van der Waals surface area contributed by atoms with Crippen LogP contribution in [0.5, 0.6) is 0 Å². The first kappa shape index (κ1) is 38.8. The van der Waals surface area contributed by atoms with Crippen LogP contribution >= 0.6 is 0 Å². The Morgan fingerprint density at radius 1 is 0.674 bits per heavy atom. The molecule has 0 unspecified atom stereocenters. The zero-order valence-electron chi connectivity index (χ0n) is 26.6. The maximum Gasteiger partial charge on any atom is 0.408 e. The second-order valence-corrected chi connectivity index (χ2v) is 10.9. The third-order valence-electron chi connectivity index (χ3n) is 6.33. The number of carbonyl (C=O) groups excluding carboxylic acids is 6. The second kappa shape index (κ2) is 18.6. The summed E-state index contributed by atoms with van der Waals surface area (Å²) in [5.41, 5.74) is -0.552. The van der Waals surface area contributed by atoms with Gasteiger partial charge in [0.05, 0.1) is 24.3 Å². The number of benzene rings is 1. The molecule has 0 aromatic heterocycles. The highest BCUT2D eigenvalue weighted by Crippen LogP contribution is 2.27. The van der Waals surface area contributed by atoms with E-state index in [1.807, 2.05) is 0 Å². The van der Waals surface area contributed by atoms with E-state index in [9.17, 15) is 28.8 Å². The van der Waals surface area contributed by atoms with Crippen LogP contribution in [0.1, 0.15) is 45.2 Å². The van der Waals surface area contributed by atoms with Gasteiger partial charge in [0.15, 0.2) is 6.10 Å². The topological polar surface area (TPSA) is 173 Å². The zero-order valence-corrected chi connectivity index (χ0v) is 26.6. The van der Waals surface area contributed by atoms with Crippen LogP contribution in [0.25, 0.3) is 0 Å². The number of nitrogens with one attached hydrogen (secondary N) is 2. The summed E-state index contributed by atoms with van der Waals surface area (Å²) >= 11 is 0. The van der Waals surface area contributed by atoms with E-state index in [0.717, 1.165) is 24.3 Å². The average Bonchev–Trinajstić information content (AvgIpc) is 3.02. The third-order valence-corrected chi connectivity index (χ3v) is 6.33. The van der Waals surface area contributed by atoms with E-state index in [4.69, 9.17) is 23.7 Å². The summed E-state index contributed by atoms with van der Waals surface area (Å²) in [5, 5.41) is 5.68. The lowest BCUT2D eigenvalue weighted by atomic mass is 9.87. The molecule has 46 heavy (non-hydrogen) atoms. The molecule has 0 aliphatic carbocycles. The van der Waals surface area contributed by atoms with Gasteiger partial charge in [-0.05, 0) is 38.8 Å². The molecule has 0 fully saturated rings. The fourth-order valence-corrected chi connectivity index (χ4v) is 3.81. The van der Waals surface area contributed by atoms with Crippen LogP contribution in [0, 0.1) is 5.92 Å². The first-order valence-electron chi connectivity index (χ1n) is 14.1. The Balaban J connectivity index is 3.01. The first-order valence-corrected chi connectivity index (χ1v) is 14.1. The highest BCUT2D eigenvalue weighted by molar-refractivity contribution is 5.82. The van der Waals surface area contributed by atoms with E-state index in [0.29, 0.717) is 11.1 Å². The van der Waals surface area contributed by atoms with Crippen molar-refractivity contribution in [3.8, 4) is 0 Å². The Hall–Kier alpha value is -5.20. The van der Waals surface area contributed by atoms with Crippen LogP contribution in [0.15, 0.2) is 74.9 Å². The van der Waals surface area contributed by atoms with Crippen LogP contribution in [-0.2, 0) is 58.7 Å². The normalized spacial score (nSPS) is 11.0. The van der Waals surface area contributed by atoms with Gasteiger partial charge in [0.2, 0.25) is 5.91 Å². The number of hydrogen-bond donors (Lipinski definition) is 2. The van der Waals surface area contributed by atoms with Crippen molar-refractivity contribution < 1.29 is 52.5 Å². The maximum atomic E-state index is 13.1. The predicted octanol–water partition coefficient (Wildman–Crippen LogP) is 3.29. The fraction of sp³-hybridized carbons (Fsp3) is 0.394. The fourth-order valence-electron chi connectivity index (χ4n) is 3.81. The lowest BCUT2D eigenvalue weighted by molar-refractivity contribution is -0.147. The molecule has 13 heteroatoms. The summed E-state index contributed by atoms with van der Waals surface area (Å²) in [6.07, 6.45) is 1.73. The van der Waals surface area contributed by atoms with Gasteiger partial charge >= 0.3 is 30.0 Å². The van der Waals surface area contributed by atoms with Gasteiger partial charge in [-0.1, -0.05) is 50.6 Å². The smallest absolute Gasteiger partial charge is 0.408 e. The lowest BCUT2D eigenvalue weighted by Crippen LogP contribution is -2.45. The van der Waals surface area contributed by atoms with E-state index < -0.39 is 59.0 Å². The van der Waals surface area contributed by atoms with Crippen LogP contribution < -0.4 is 10.6 Å². The number of ether oxygens (including phenoxy) is 5. The molecule has 0 saturated carbocycles. The summed E-state index contributed by atoms with van der Waals surface area (Å²) < 4.78 is 25.3. The number of amides is 2. The molecule has 0 aliphatic rings. The molecule has 1 rings (SSSR count). The first-order chi connectivity index (χ1) is 21.6. The zero-order chi connectivity index (χ0) is 34.9. The van der Waals surface area contributed by atoms with Gasteiger partial charge in [0, 0.05) is 36.6 Å². The van der Waals surface area contributed by atoms with E-state index >= 15 is 0 Å². The largest absolute Gasteiger partial charge is 0.462 e. The van der Waals surface area contributed by atoms with Crippen molar-refractivity contribution in [1.29, 1.82) is 0 Å². The molecule has 0 radical (unpaired) electrons. The van der Waals surface area contributed by atoms with Crippen LogP contribution in [0.2, 0.25) is 0 Å². The van der Waals surface area contributed by atoms with Crippen molar-refractivity contribution in [3.63, 3.8) is 0 Å². The highest BCUT2D eigenvalue weighted by atomic mass is 16.6. The Labute approximate surface area is 268 Å². The van der Waals surface area contributed by atoms with Crippen LogP contribution in [0.3, 0.4) is 0 Å². The molecule has 1 aromatic rings. The number of hydrogen-bond acceptors (Lipinski definition) is 11. The van der Waals surface area contributed by atoms with Gasteiger partial charge in [-0.2, -0.15) is 0 Å². The molecular weight excluding hydrogens is 600 g/mol. The maximum absolute atomic E-state index is 13.1. The van der Waals surface area contributed by atoms with Crippen molar-refractivity contribution in [1.82, 2.24) is 10.6 Å². The molecule has 0 spiro atoms. The van der Waals surface area contributed by atoms with Gasteiger partial charge < -0.3 is 34.3 Å². The summed E-state index contributed by atoms with van der Waals surface area (Å²) in [4.78, 5) is 71.9. The molecule has 1 aromatic carbocycles. The molecule has 2 N–H and O–H groups in total. The van der Waals surface area contributed by atoms with Gasteiger partial charge in [-0.25, -0.2) is 24.0 Å². The standard InChI is InChI=1S/C33H42N2O11/c1-9-27(37)42-18-22(19-43-28(38)10-2)16-26(36)34-32(5,6)23-14-13-15-24(17-23)33(7,8)35-31(41)46-25(20-44-29(39)11-3)21-45-30(40)12-4/h9-15,17,22,25H,1-4,16,18-21H2,5-8H3,(H,34,36)(H,35,41). The number of rotatable bonds is 19. The molecular formula is C33H42N2O11. The van der Waals surface area contributed by atoms with E-state index in [1.54, 1.807) is 52.0 Å². The van der Waals surface area contributed by atoms with E-state index in [2.05, 4.69) is 36.9 Å².